The van der Waals surface area contributed by atoms with Crippen molar-refractivity contribution in [1.82, 2.24) is 15.1 Å². The lowest BCUT2D eigenvalue weighted by molar-refractivity contribution is -0.122. The van der Waals surface area contributed by atoms with Gasteiger partial charge in [-0.3, -0.25) is 4.79 Å². The van der Waals surface area contributed by atoms with Gasteiger partial charge in [-0.15, -0.1) is 0 Å². The van der Waals surface area contributed by atoms with Gasteiger partial charge in [-0.05, 0) is 69.7 Å². The number of alkyl halides is 2. The third kappa shape index (κ3) is 5.16. The van der Waals surface area contributed by atoms with Crippen LogP contribution in [-0.4, -0.2) is 79.7 Å². The number of halogens is 2. The maximum Gasteiger partial charge on any atom is 0.282 e. The fourth-order valence-electron chi connectivity index (χ4n) is 6.17. The van der Waals surface area contributed by atoms with Gasteiger partial charge in [0.1, 0.15) is 17.4 Å². The molecule has 4 aliphatic rings. The predicted octanol–water partition coefficient (Wildman–Crippen LogP) is 2.90. The monoisotopic (exact) mass is 588 g/mol. The van der Waals surface area contributed by atoms with E-state index in [2.05, 4.69) is 11.4 Å². The molecule has 0 bridgehead atoms. The Morgan fingerprint density at radius 3 is 2.49 bits per heavy atom. The van der Waals surface area contributed by atoms with Gasteiger partial charge >= 0.3 is 0 Å². The second kappa shape index (κ2) is 9.94. The van der Waals surface area contributed by atoms with E-state index in [0.29, 0.717) is 43.1 Å². The lowest BCUT2D eigenvalue weighted by atomic mass is 10.1. The molecule has 6 rings (SSSR count). The normalized spacial score (nSPS) is 25.4. The molecule has 2 atom stereocenters. The van der Waals surface area contributed by atoms with Crippen LogP contribution >= 0.6 is 0 Å². The third-order valence-corrected chi connectivity index (χ3v) is 11.0. The van der Waals surface area contributed by atoms with E-state index < -0.39 is 45.7 Å². The molecule has 0 spiro atoms. The van der Waals surface area contributed by atoms with Gasteiger partial charge in [-0.25, -0.2) is 21.9 Å². The Morgan fingerprint density at radius 2 is 1.88 bits per heavy atom. The van der Waals surface area contributed by atoms with E-state index in [1.54, 1.807) is 19.1 Å². The molecule has 41 heavy (non-hydrogen) atoms. The Hall–Kier alpha value is -3.24. The van der Waals surface area contributed by atoms with Crippen LogP contribution in [0.2, 0.25) is 0 Å². The van der Waals surface area contributed by atoms with Crippen LogP contribution in [0.25, 0.3) is 0 Å². The van der Waals surface area contributed by atoms with E-state index in [1.165, 1.54) is 11.0 Å². The average Bonchev–Trinajstić information content (AvgIpc) is 3.36. The number of aromatic nitrogens is 2. The van der Waals surface area contributed by atoms with Gasteiger partial charge in [-0.2, -0.15) is 10.4 Å². The third-order valence-electron chi connectivity index (χ3n) is 8.67. The Labute approximate surface area is 238 Å². The first kappa shape index (κ1) is 27.9. The van der Waals surface area contributed by atoms with Crippen LogP contribution in [0.1, 0.15) is 49.4 Å². The van der Waals surface area contributed by atoms with Crippen molar-refractivity contribution >= 4 is 27.2 Å². The quantitative estimate of drug-likeness (QED) is 0.525. The summed E-state index contributed by atoms with van der Waals surface area (Å²) in [6.45, 7) is 4.02. The Morgan fingerprint density at radius 1 is 1.17 bits per heavy atom. The number of rotatable bonds is 7. The molecule has 2 aromatic rings. The molecule has 4 heterocycles. The Bertz CT molecular complexity index is 1500. The molecule has 0 unspecified atom stereocenters. The number of nitriles is 1. The van der Waals surface area contributed by atoms with Crippen LogP contribution in [0.5, 0.6) is 0 Å². The lowest BCUT2D eigenvalue weighted by Gasteiger charge is -2.40. The van der Waals surface area contributed by atoms with E-state index in [9.17, 15) is 27.3 Å². The smallest absolute Gasteiger partial charge is 0.282 e. The number of hydrogen-bond acceptors (Lipinski definition) is 8. The van der Waals surface area contributed by atoms with Gasteiger partial charge in [0.2, 0.25) is 5.91 Å². The highest BCUT2D eigenvalue weighted by molar-refractivity contribution is 7.92. The maximum atomic E-state index is 14.0. The summed E-state index contributed by atoms with van der Waals surface area (Å²) in [6, 6.07) is 8.00. The zero-order chi connectivity index (χ0) is 29.2. The molecule has 1 amide bonds. The summed E-state index contributed by atoms with van der Waals surface area (Å²) >= 11 is 0. The van der Waals surface area contributed by atoms with Crippen LogP contribution in [0, 0.1) is 25.2 Å². The number of carbonyl (C=O) groups excluding carboxylic acids is 1. The average molecular weight is 589 g/mol. The van der Waals surface area contributed by atoms with Gasteiger partial charge in [0, 0.05) is 31.5 Å². The number of nitrogens with zero attached hydrogens (tertiary/aromatic N) is 5. The first-order valence-corrected chi connectivity index (χ1v) is 15.6. The molecule has 1 saturated carbocycles. The highest BCUT2D eigenvalue weighted by Gasteiger charge is 2.50. The largest absolute Gasteiger partial charge is 0.381 e. The fourth-order valence-corrected chi connectivity index (χ4v) is 8.09. The Balaban J connectivity index is 1.31. The zero-order valence-corrected chi connectivity index (χ0v) is 24.0. The minimum Gasteiger partial charge on any atom is -0.381 e. The highest BCUT2D eigenvalue weighted by atomic mass is 32.2. The number of anilines is 2. The molecule has 0 radical (unpaired) electrons. The van der Waals surface area contributed by atoms with Crippen LogP contribution in [-0.2, 0) is 19.4 Å². The zero-order valence-electron chi connectivity index (χ0n) is 23.1. The van der Waals surface area contributed by atoms with Gasteiger partial charge in [-0.1, -0.05) is 0 Å². The summed E-state index contributed by atoms with van der Waals surface area (Å²) < 4.78 is 62.3. The Kier molecular flexibility index (Phi) is 6.77. The van der Waals surface area contributed by atoms with Crippen molar-refractivity contribution in [2.75, 3.05) is 42.6 Å². The number of benzene rings is 1. The second-order valence-corrected chi connectivity index (χ2v) is 14.0. The first-order chi connectivity index (χ1) is 19.4. The van der Waals surface area contributed by atoms with Gasteiger partial charge in [0.05, 0.1) is 41.0 Å². The summed E-state index contributed by atoms with van der Waals surface area (Å²) in [6.07, 6.45) is 2.70. The summed E-state index contributed by atoms with van der Waals surface area (Å²) in [5, 5.41) is 16.3. The van der Waals surface area contributed by atoms with Crippen molar-refractivity contribution in [1.29, 1.82) is 5.26 Å². The first-order valence-electron chi connectivity index (χ1n) is 14.0. The molecule has 1 aromatic carbocycles. The number of amides is 1. The molecule has 1 aliphatic carbocycles. The molecule has 220 valence electrons. The topological polar surface area (TPSA) is 121 Å². The number of aryl methyl sites for hydroxylation is 2. The second-order valence-electron chi connectivity index (χ2n) is 11.8. The minimum absolute atomic E-state index is 0.0488. The van der Waals surface area contributed by atoms with E-state index >= 15 is 0 Å². The van der Waals surface area contributed by atoms with E-state index in [0.717, 1.165) is 18.5 Å². The van der Waals surface area contributed by atoms with Gasteiger partial charge in [0.15, 0.2) is 9.84 Å². The molecule has 3 aliphatic heterocycles. The molecule has 10 nitrogen and oxygen atoms in total. The van der Waals surface area contributed by atoms with E-state index in [-0.39, 0.29) is 29.8 Å². The molecule has 1 aromatic heterocycles. The molecular weight excluding hydrogens is 554 g/mol. The molecule has 3 saturated heterocycles. The highest BCUT2D eigenvalue weighted by Crippen LogP contribution is 2.39. The molecular formula is C28H34F2N6O4S. The van der Waals surface area contributed by atoms with Crippen molar-refractivity contribution in [2.45, 2.75) is 79.6 Å². The minimum atomic E-state index is -3.90. The summed E-state index contributed by atoms with van der Waals surface area (Å²) in [4.78, 5) is 17.1. The standard InChI is InChI=1S/C28H34F2N6O4S/c1-18-11-21(34-16-28(29,30)17-34)3-4-24(18)41(38,39)22-13-23(26(37)32-27(15-31)7-8-27)35(14-22)25-12-19(2)33-36(25)20-5-9-40-10-6-20/h3-4,11-12,20,22-23H,5-10,13-14,16-17H2,1-2H3,(H,32,37)/t22-,23+/m1/s1. The molecule has 4 fully saturated rings. The van der Waals surface area contributed by atoms with Crippen LogP contribution in [0.3, 0.4) is 0 Å². The van der Waals surface area contributed by atoms with Crippen molar-refractivity contribution in [2.24, 2.45) is 0 Å². The maximum absolute atomic E-state index is 14.0. The van der Waals surface area contributed by atoms with E-state index in [1.807, 2.05) is 22.6 Å². The summed E-state index contributed by atoms with van der Waals surface area (Å²) in [5.74, 6) is -2.42. The number of ether oxygens (including phenoxy) is 1. The number of hydrogen-bond donors (Lipinski definition) is 1. The van der Waals surface area contributed by atoms with Crippen molar-refractivity contribution in [3.8, 4) is 6.07 Å². The SMILES string of the molecule is Cc1cc(N2C[C@H](S(=O)(=O)c3ccc(N4CC(F)(F)C4)cc3C)C[C@H]2C(=O)NC2(C#N)CC2)n(C2CCOCC2)n1. The molecule has 1 N–H and O–H groups in total. The predicted molar refractivity (Wildman–Crippen MR) is 147 cm³/mol. The number of sulfone groups is 1. The fraction of sp³-hybridized carbons (Fsp3) is 0.607. The van der Waals surface area contributed by atoms with Crippen LogP contribution in [0.15, 0.2) is 29.2 Å². The van der Waals surface area contributed by atoms with Crippen molar-refractivity contribution in [3.05, 3.63) is 35.5 Å². The van der Waals surface area contributed by atoms with Crippen LogP contribution < -0.4 is 15.1 Å². The van der Waals surface area contributed by atoms with Crippen molar-refractivity contribution in [3.63, 3.8) is 0 Å². The number of nitrogens with one attached hydrogen (secondary N) is 1. The van der Waals surface area contributed by atoms with Gasteiger partial charge < -0.3 is 19.9 Å². The molecule has 13 heteroatoms. The van der Waals surface area contributed by atoms with Gasteiger partial charge in [0.25, 0.3) is 5.92 Å². The summed E-state index contributed by atoms with van der Waals surface area (Å²) in [7, 11) is -3.90. The van der Waals surface area contributed by atoms with E-state index in [4.69, 9.17) is 9.84 Å². The number of carbonyl (C=O) groups is 1. The van der Waals surface area contributed by atoms with Crippen LogP contribution in [0.4, 0.5) is 20.3 Å². The van der Waals surface area contributed by atoms with Crippen molar-refractivity contribution < 1.29 is 26.7 Å². The lowest BCUT2D eigenvalue weighted by Crippen LogP contribution is -2.56. The summed E-state index contributed by atoms with van der Waals surface area (Å²) in [5.41, 5.74) is 0.897.